The molecule has 0 saturated carbocycles. The van der Waals surface area contributed by atoms with E-state index in [0.29, 0.717) is 11.4 Å². The quantitative estimate of drug-likeness (QED) is 0.880. The molecule has 2 aromatic carbocycles. The normalized spacial score (nSPS) is 11.6. The van der Waals surface area contributed by atoms with Crippen LogP contribution in [0.4, 0.5) is 5.69 Å². The lowest BCUT2D eigenvalue weighted by Crippen LogP contribution is -2.22. The van der Waals surface area contributed by atoms with E-state index in [1.54, 1.807) is 24.3 Å². The van der Waals surface area contributed by atoms with Crippen molar-refractivity contribution >= 4 is 31.6 Å². The molecule has 21 heavy (non-hydrogen) atoms. The van der Waals surface area contributed by atoms with Gasteiger partial charge in [-0.25, -0.2) is 12.7 Å². The van der Waals surface area contributed by atoms with Crippen LogP contribution in [0.25, 0.3) is 0 Å². The third-order valence-electron chi connectivity index (χ3n) is 3.04. The Morgan fingerprint density at radius 2 is 1.57 bits per heavy atom. The molecule has 1 N–H and O–H groups in total. The summed E-state index contributed by atoms with van der Waals surface area (Å²) in [5, 5.41) is 3.26. The summed E-state index contributed by atoms with van der Waals surface area (Å²) < 4.78 is 26.2. The summed E-state index contributed by atoms with van der Waals surface area (Å²) in [6.07, 6.45) is 0. The molecule has 0 heterocycles. The fourth-order valence-electron chi connectivity index (χ4n) is 1.76. The summed E-state index contributed by atoms with van der Waals surface area (Å²) >= 11 is 3.40. The molecule has 0 fully saturated rings. The van der Waals surface area contributed by atoms with Gasteiger partial charge in [-0.1, -0.05) is 28.1 Å². The molecule has 0 spiro atoms. The average Bonchev–Trinajstić information content (AvgIpc) is 2.47. The molecule has 0 atom stereocenters. The first-order valence-electron chi connectivity index (χ1n) is 6.40. The summed E-state index contributed by atoms with van der Waals surface area (Å²) in [6, 6.07) is 14.8. The van der Waals surface area contributed by atoms with E-state index >= 15 is 0 Å². The van der Waals surface area contributed by atoms with Crippen molar-refractivity contribution in [1.29, 1.82) is 0 Å². The van der Waals surface area contributed by atoms with Gasteiger partial charge >= 0.3 is 0 Å². The zero-order valence-corrected chi connectivity index (χ0v) is 14.3. The van der Waals surface area contributed by atoms with E-state index in [1.165, 1.54) is 18.4 Å². The van der Waals surface area contributed by atoms with E-state index in [1.807, 2.05) is 24.3 Å². The highest BCUT2D eigenvalue weighted by atomic mass is 79.9. The molecule has 0 unspecified atom stereocenters. The largest absolute Gasteiger partial charge is 0.381 e. The van der Waals surface area contributed by atoms with Crippen molar-refractivity contribution in [1.82, 2.24) is 4.31 Å². The van der Waals surface area contributed by atoms with Crippen LogP contribution in [0.5, 0.6) is 0 Å². The van der Waals surface area contributed by atoms with Gasteiger partial charge in [0.1, 0.15) is 0 Å². The Kier molecular flexibility index (Phi) is 5.03. The van der Waals surface area contributed by atoms with Crippen LogP contribution in [0.15, 0.2) is 57.9 Å². The van der Waals surface area contributed by atoms with Crippen LogP contribution in [-0.4, -0.2) is 26.8 Å². The summed E-state index contributed by atoms with van der Waals surface area (Å²) in [5.41, 5.74) is 2.04. The number of anilines is 1. The summed E-state index contributed by atoms with van der Waals surface area (Å²) in [4.78, 5) is 0.293. The second-order valence-corrected chi connectivity index (χ2v) is 7.86. The van der Waals surface area contributed by atoms with Crippen LogP contribution in [0.1, 0.15) is 5.56 Å². The fraction of sp³-hybridized carbons (Fsp3) is 0.200. The monoisotopic (exact) mass is 368 g/mol. The first-order chi connectivity index (χ1) is 9.89. The van der Waals surface area contributed by atoms with Gasteiger partial charge in [-0.3, -0.25) is 0 Å². The second-order valence-electron chi connectivity index (χ2n) is 4.79. The minimum atomic E-state index is -3.37. The van der Waals surface area contributed by atoms with Crippen LogP contribution in [-0.2, 0) is 16.6 Å². The Bertz CT molecular complexity index is 695. The molecule has 2 rings (SSSR count). The van der Waals surface area contributed by atoms with Gasteiger partial charge in [0.2, 0.25) is 10.0 Å². The molecule has 112 valence electrons. The number of sulfonamides is 1. The molecule has 0 aliphatic carbocycles. The van der Waals surface area contributed by atoms with Gasteiger partial charge in [0.25, 0.3) is 0 Å². The van der Waals surface area contributed by atoms with E-state index in [2.05, 4.69) is 21.2 Å². The van der Waals surface area contributed by atoms with Gasteiger partial charge in [0.05, 0.1) is 4.90 Å². The Morgan fingerprint density at radius 3 is 2.10 bits per heavy atom. The summed E-state index contributed by atoms with van der Waals surface area (Å²) in [6.45, 7) is 0.688. The average molecular weight is 369 g/mol. The molecular formula is C15H17BrN2O2S. The highest BCUT2D eigenvalue weighted by molar-refractivity contribution is 9.10. The van der Waals surface area contributed by atoms with Crippen LogP contribution < -0.4 is 5.32 Å². The van der Waals surface area contributed by atoms with E-state index in [9.17, 15) is 8.42 Å². The maximum Gasteiger partial charge on any atom is 0.242 e. The van der Waals surface area contributed by atoms with Crippen LogP contribution in [0, 0.1) is 0 Å². The molecule has 0 amide bonds. The molecule has 0 aromatic heterocycles. The number of hydrogen-bond acceptors (Lipinski definition) is 3. The summed E-state index contributed by atoms with van der Waals surface area (Å²) in [7, 11) is -0.319. The smallest absolute Gasteiger partial charge is 0.242 e. The Balaban J connectivity index is 2.05. The lowest BCUT2D eigenvalue weighted by molar-refractivity contribution is 0.521. The fourth-order valence-corrected chi connectivity index (χ4v) is 2.93. The van der Waals surface area contributed by atoms with Crippen LogP contribution >= 0.6 is 15.9 Å². The van der Waals surface area contributed by atoms with Gasteiger partial charge in [-0.15, -0.1) is 0 Å². The van der Waals surface area contributed by atoms with Gasteiger partial charge < -0.3 is 5.32 Å². The minimum Gasteiger partial charge on any atom is -0.381 e. The maximum absolute atomic E-state index is 12.0. The Hall–Kier alpha value is -1.37. The number of benzene rings is 2. The first kappa shape index (κ1) is 16.0. The lowest BCUT2D eigenvalue weighted by atomic mass is 10.2. The van der Waals surface area contributed by atoms with E-state index in [0.717, 1.165) is 15.7 Å². The van der Waals surface area contributed by atoms with Gasteiger partial charge in [0.15, 0.2) is 0 Å². The van der Waals surface area contributed by atoms with Crippen molar-refractivity contribution in [2.75, 3.05) is 19.4 Å². The molecule has 0 aliphatic heterocycles. The molecular weight excluding hydrogens is 352 g/mol. The standard InChI is InChI=1S/C15H17BrN2O2S/c1-18(2)21(19,20)15-9-7-14(8-10-15)17-11-12-3-5-13(16)6-4-12/h3-10,17H,11H2,1-2H3. The Labute approximate surface area is 134 Å². The molecule has 4 nitrogen and oxygen atoms in total. The zero-order valence-electron chi connectivity index (χ0n) is 11.9. The van der Waals surface area contributed by atoms with Crippen molar-refractivity contribution in [2.45, 2.75) is 11.4 Å². The van der Waals surface area contributed by atoms with E-state index < -0.39 is 10.0 Å². The third kappa shape index (κ3) is 4.06. The van der Waals surface area contributed by atoms with Gasteiger partial charge in [-0.2, -0.15) is 0 Å². The number of nitrogens with one attached hydrogen (secondary N) is 1. The summed E-state index contributed by atoms with van der Waals surface area (Å²) in [5.74, 6) is 0. The number of rotatable bonds is 5. The van der Waals surface area contributed by atoms with Gasteiger partial charge in [0, 0.05) is 30.8 Å². The number of halogens is 1. The SMILES string of the molecule is CN(C)S(=O)(=O)c1ccc(NCc2ccc(Br)cc2)cc1. The van der Waals surface area contributed by atoms with Crippen molar-refractivity contribution in [2.24, 2.45) is 0 Å². The highest BCUT2D eigenvalue weighted by Crippen LogP contribution is 2.17. The third-order valence-corrected chi connectivity index (χ3v) is 5.40. The highest BCUT2D eigenvalue weighted by Gasteiger charge is 2.16. The number of hydrogen-bond donors (Lipinski definition) is 1. The molecule has 6 heteroatoms. The lowest BCUT2D eigenvalue weighted by Gasteiger charge is -2.12. The van der Waals surface area contributed by atoms with Crippen LogP contribution in [0.2, 0.25) is 0 Å². The topological polar surface area (TPSA) is 49.4 Å². The molecule has 0 aliphatic rings. The molecule has 0 radical (unpaired) electrons. The molecule has 0 bridgehead atoms. The zero-order chi connectivity index (χ0) is 15.5. The van der Waals surface area contributed by atoms with E-state index in [-0.39, 0.29) is 0 Å². The van der Waals surface area contributed by atoms with Crippen molar-refractivity contribution in [3.05, 3.63) is 58.6 Å². The molecule has 0 saturated heterocycles. The molecule has 2 aromatic rings. The second kappa shape index (κ2) is 6.60. The predicted molar refractivity (Wildman–Crippen MR) is 88.8 cm³/mol. The first-order valence-corrected chi connectivity index (χ1v) is 8.64. The van der Waals surface area contributed by atoms with Gasteiger partial charge in [-0.05, 0) is 42.0 Å². The van der Waals surface area contributed by atoms with E-state index in [4.69, 9.17) is 0 Å². The van der Waals surface area contributed by atoms with Crippen molar-refractivity contribution in [3.8, 4) is 0 Å². The minimum absolute atomic E-state index is 0.293. The van der Waals surface area contributed by atoms with Crippen molar-refractivity contribution < 1.29 is 8.42 Å². The van der Waals surface area contributed by atoms with Crippen molar-refractivity contribution in [3.63, 3.8) is 0 Å². The number of nitrogens with zero attached hydrogens (tertiary/aromatic N) is 1. The maximum atomic E-state index is 12.0. The Morgan fingerprint density at radius 1 is 1.00 bits per heavy atom. The predicted octanol–water partition coefficient (Wildman–Crippen LogP) is 3.31. The van der Waals surface area contributed by atoms with Crippen LogP contribution in [0.3, 0.4) is 0 Å².